The lowest BCUT2D eigenvalue weighted by molar-refractivity contribution is -0.140. The third-order valence-corrected chi connectivity index (χ3v) is 3.26. The summed E-state index contributed by atoms with van der Waals surface area (Å²) in [5.74, 6) is -1.86. The summed E-state index contributed by atoms with van der Waals surface area (Å²) in [5.41, 5.74) is 0.207. The monoisotopic (exact) mass is 302 g/mol. The highest BCUT2D eigenvalue weighted by Crippen LogP contribution is 2.22. The van der Waals surface area contributed by atoms with Crippen molar-refractivity contribution in [1.29, 1.82) is 0 Å². The van der Waals surface area contributed by atoms with Gasteiger partial charge in [-0.3, -0.25) is 0 Å². The van der Waals surface area contributed by atoms with Crippen LogP contribution in [0.2, 0.25) is 5.02 Å². The van der Waals surface area contributed by atoms with E-state index >= 15 is 0 Å². The molecule has 0 saturated heterocycles. The molecule has 1 aromatic rings. The van der Waals surface area contributed by atoms with Crippen LogP contribution in [0.25, 0.3) is 0 Å². The second kappa shape index (κ2) is 7.09. The van der Waals surface area contributed by atoms with Crippen molar-refractivity contribution in [3.8, 4) is 0 Å². The zero-order valence-electron chi connectivity index (χ0n) is 11.1. The smallest absolute Gasteiger partial charge is 0.326 e. The van der Waals surface area contributed by atoms with Crippen LogP contribution in [-0.4, -0.2) is 23.1 Å². The van der Waals surface area contributed by atoms with Gasteiger partial charge in [0.2, 0.25) is 0 Å². The minimum Gasteiger partial charge on any atom is -0.480 e. The third kappa shape index (κ3) is 4.38. The van der Waals surface area contributed by atoms with Crippen molar-refractivity contribution in [3.05, 3.63) is 29.0 Å². The van der Waals surface area contributed by atoms with Gasteiger partial charge in [0.1, 0.15) is 11.9 Å². The fourth-order valence-electron chi connectivity index (χ4n) is 1.57. The summed E-state index contributed by atoms with van der Waals surface area (Å²) >= 11 is 5.76. The van der Waals surface area contributed by atoms with Crippen LogP contribution >= 0.6 is 11.6 Å². The molecule has 1 rings (SSSR count). The largest absolute Gasteiger partial charge is 0.480 e. The minimum absolute atomic E-state index is 0.0376. The molecule has 0 heterocycles. The van der Waals surface area contributed by atoms with E-state index in [2.05, 4.69) is 10.6 Å². The molecule has 0 spiro atoms. The molecule has 5 nitrogen and oxygen atoms in total. The molecule has 0 aliphatic carbocycles. The molecule has 110 valence electrons. The first-order valence-corrected chi connectivity index (χ1v) is 6.48. The molecule has 0 aliphatic rings. The van der Waals surface area contributed by atoms with Crippen LogP contribution in [0.1, 0.15) is 20.3 Å². The Morgan fingerprint density at radius 1 is 1.45 bits per heavy atom. The molecule has 3 N–H and O–H groups in total. The maximum absolute atomic E-state index is 12.9. The normalized spacial score (nSPS) is 13.4. The quantitative estimate of drug-likeness (QED) is 0.782. The van der Waals surface area contributed by atoms with Gasteiger partial charge < -0.3 is 15.7 Å². The van der Waals surface area contributed by atoms with Crippen LogP contribution in [0.15, 0.2) is 18.2 Å². The van der Waals surface area contributed by atoms with Gasteiger partial charge in [-0.25, -0.2) is 14.0 Å². The topological polar surface area (TPSA) is 78.4 Å². The lowest BCUT2D eigenvalue weighted by Gasteiger charge is -2.20. The molecule has 7 heteroatoms. The molecule has 2 amide bonds. The van der Waals surface area contributed by atoms with E-state index in [9.17, 15) is 14.0 Å². The molecule has 0 bridgehead atoms. The van der Waals surface area contributed by atoms with E-state index in [1.807, 2.05) is 6.92 Å². The van der Waals surface area contributed by atoms with Gasteiger partial charge in [0.25, 0.3) is 0 Å². The van der Waals surface area contributed by atoms with Gasteiger partial charge in [-0.05, 0) is 24.1 Å². The van der Waals surface area contributed by atoms with Crippen molar-refractivity contribution in [2.45, 2.75) is 26.3 Å². The second-order valence-electron chi connectivity index (χ2n) is 4.42. The number of amides is 2. The highest BCUT2D eigenvalue weighted by atomic mass is 35.5. The maximum Gasteiger partial charge on any atom is 0.326 e. The number of anilines is 1. The molecule has 0 radical (unpaired) electrons. The molecular formula is C13H16ClFN2O3. The predicted molar refractivity (Wildman–Crippen MR) is 74.4 cm³/mol. The van der Waals surface area contributed by atoms with E-state index in [0.717, 1.165) is 12.1 Å². The first-order chi connectivity index (χ1) is 9.35. The number of carboxylic acids is 1. The standard InChI is InChI=1S/C13H16ClFN2O3/c1-3-7(2)11(12(18)19)17-13(20)16-10-5-4-8(15)6-9(10)14/h4-7,11H,3H2,1-2H3,(H,18,19)(H2,16,17,20). The first-order valence-electron chi connectivity index (χ1n) is 6.10. The minimum atomic E-state index is -1.11. The number of carboxylic acid groups (broad SMARTS) is 1. The SMILES string of the molecule is CCC(C)C(NC(=O)Nc1ccc(F)cc1Cl)C(=O)O. The van der Waals surface area contributed by atoms with Gasteiger partial charge >= 0.3 is 12.0 Å². The lowest BCUT2D eigenvalue weighted by Crippen LogP contribution is -2.46. The molecule has 0 fully saturated rings. The number of benzene rings is 1. The van der Waals surface area contributed by atoms with Crippen molar-refractivity contribution < 1.29 is 19.1 Å². The summed E-state index contributed by atoms with van der Waals surface area (Å²) in [7, 11) is 0. The molecule has 1 aromatic carbocycles. The van der Waals surface area contributed by atoms with E-state index in [0.29, 0.717) is 6.42 Å². The number of urea groups is 1. The van der Waals surface area contributed by atoms with Gasteiger partial charge in [-0.15, -0.1) is 0 Å². The van der Waals surface area contributed by atoms with Crippen LogP contribution in [0.3, 0.4) is 0 Å². The van der Waals surface area contributed by atoms with Crippen molar-refractivity contribution in [1.82, 2.24) is 5.32 Å². The van der Waals surface area contributed by atoms with Gasteiger partial charge in [0, 0.05) is 0 Å². The number of hydrogen-bond acceptors (Lipinski definition) is 2. The van der Waals surface area contributed by atoms with Crippen LogP contribution in [0.5, 0.6) is 0 Å². The second-order valence-corrected chi connectivity index (χ2v) is 4.83. The van der Waals surface area contributed by atoms with Crippen LogP contribution in [0, 0.1) is 11.7 Å². The van der Waals surface area contributed by atoms with Crippen LogP contribution in [-0.2, 0) is 4.79 Å². The highest BCUT2D eigenvalue weighted by Gasteiger charge is 2.25. The Morgan fingerprint density at radius 2 is 2.10 bits per heavy atom. The number of carbonyl (C=O) groups is 2. The molecule has 20 heavy (non-hydrogen) atoms. The summed E-state index contributed by atoms with van der Waals surface area (Å²) in [5, 5.41) is 13.8. The molecular weight excluding hydrogens is 287 g/mol. The number of aliphatic carboxylic acids is 1. The van der Waals surface area contributed by atoms with Gasteiger partial charge in [-0.2, -0.15) is 0 Å². The van der Waals surface area contributed by atoms with Crippen LogP contribution < -0.4 is 10.6 Å². The first kappa shape index (κ1) is 16.2. The fourth-order valence-corrected chi connectivity index (χ4v) is 1.79. The third-order valence-electron chi connectivity index (χ3n) is 2.94. The van der Waals surface area contributed by atoms with E-state index in [1.165, 1.54) is 6.07 Å². The van der Waals surface area contributed by atoms with Crippen molar-refractivity contribution in [2.75, 3.05) is 5.32 Å². The predicted octanol–water partition coefficient (Wildman–Crippen LogP) is 3.10. The molecule has 2 atom stereocenters. The van der Waals surface area contributed by atoms with Gasteiger partial charge in [0.05, 0.1) is 10.7 Å². The van der Waals surface area contributed by atoms with Gasteiger partial charge in [0.15, 0.2) is 0 Å². The average molecular weight is 303 g/mol. The van der Waals surface area contributed by atoms with E-state index in [-0.39, 0.29) is 16.6 Å². The summed E-state index contributed by atoms with van der Waals surface area (Å²) in [4.78, 5) is 22.8. The maximum atomic E-state index is 12.9. The Balaban J connectivity index is 2.73. The van der Waals surface area contributed by atoms with Crippen molar-refractivity contribution in [3.63, 3.8) is 0 Å². The average Bonchev–Trinajstić information content (AvgIpc) is 2.38. The Morgan fingerprint density at radius 3 is 2.60 bits per heavy atom. The highest BCUT2D eigenvalue weighted by molar-refractivity contribution is 6.33. The fraction of sp³-hybridized carbons (Fsp3) is 0.385. The Labute approximate surface area is 121 Å². The Hall–Kier alpha value is -1.82. The van der Waals surface area contributed by atoms with Crippen molar-refractivity contribution >= 4 is 29.3 Å². The molecule has 0 saturated carbocycles. The number of hydrogen-bond donors (Lipinski definition) is 3. The van der Waals surface area contributed by atoms with Crippen molar-refractivity contribution in [2.24, 2.45) is 5.92 Å². The van der Waals surface area contributed by atoms with E-state index in [4.69, 9.17) is 16.7 Å². The zero-order valence-corrected chi connectivity index (χ0v) is 11.9. The van der Waals surface area contributed by atoms with Gasteiger partial charge in [-0.1, -0.05) is 31.9 Å². The van der Waals surface area contributed by atoms with E-state index in [1.54, 1.807) is 6.92 Å². The Bertz CT molecular complexity index is 510. The number of nitrogens with one attached hydrogen (secondary N) is 2. The Kier molecular flexibility index (Phi) is 5.76. The lowest BCUT2D eigenvalue weighted by atomic mass is 9.99. The molecule has 2 unspecified atom stereocenters. The summed E-state index contributed by atoms with van der Waals surface area (Å²) in [6.07, 6.45) is 0.606. The molecule has 0 aliphatic heterocycles. The zero-order chi connectivity index (χ0) is 15.3. The number of carbonyl (C=O) groups excluding carboxylic acids is 1. The van der Waals surface area contributed by atoms with E-state index < -0.39 is 23.9 Å². The number of rotatable bonds is 5. The summed E-state index contributed by atoms with van der Waals surface area (Å²) < 4.78 is 12.9. The van der Waals surface area contributed by atoms with Crippen LogP contribution in [0.4, 0.5) is 14.9 Å². The summed E-state index contributed by atoms with van der Waals surface area (Å²) in [6.45, 7) is 3.56. The summed E-state index contributed by atoms with van der Waals surface area (Å²) in [6, 6.07) is 1.80. The number of halogens is 2. The molecule has 0 aromatic heterocycles.